The Balaban J connectivity index is 2.18. The maximum Gasteiger partial charge on any atom is 0.283 e. The number of rotatable bonds is 5. The Morgan fingerprint density at radius 2 is 2.29 bits per heavy atom. The highest BCUT2D eigenvalue weighted by Crippen LogP contribution is 2.28. The van der Waals surface area contributed by atoms with Gasteiger partial charge in [0.05, 0.1) is 11.9 Å². The van der Waals surface area contributed by atoms with E-state index in [2.05, 4.69) is 45.1 Å². The first-order chi connectivity index (χ1) is 10.1. The summed E-state index contributed by atoms with van der Waals surface area (Å²) in [6, 6.07) is 0.501. The van der Waals surface area contributed by atoms with Crippen LogP contribution in [0.4, 0.5) is 5.69 Å². The van der Waals surface area contributed by atoms with Gasteiger partial charge in [-0.3, -0.25) is 4.79 Å². The molecule has 1 N–H and O–H groups in total. The Labute approximate surface area is 134 Å². The van der Waals surface area contributed by atoms with Gasteiger partial charge in [0, 0.05) is 25.7 Å². The van der Waals surface area contributed by atoms with Crippen molar-refractivity contribution in [3.8, 4) is 0 Å². The van der Waals surface area contributed by atoms with Gasteiger partial charge in [0.25, 0.3) is 5.56 Å². The molecule has 0 saturated carbocycles. The molecule has 1 saturated heterocycles. The fourth-order valence-electron chi connectivity index (χ4n) is 3.03. The molecule has 0 radical (unpaired) electrons. The molecular weight excluding hydrogens is 332 g/mol. The number of anilines is 1. The molecule has 0 amide bonds. The molecule has 0 spiro atoms. The van der Waals surface area contributed by atoms with Gasteiger partial charge in [-0.2, -0.15) is 5.10 Å². The number of hydrogen-bond acceptors (Lipinski definition) is 4. The summed E-state index contributed by atoms with van der Waals surface area (Å²) in [5, 5.41) is 7.77. The zero-order valence-electron chi connectivity index (χ0n) is 13.1. The lowest BCUT2D eigenvalue weighted by molar-refractivity contribution is 0.324. The van der Waals surface area contributed by atoms with E-state index >= 15 is 0 Å². The van der Waals surface area contributed by atoms with Crippen molar-refractivity contribution in [1.82, 2.24) is 15.1 Å². The van der Waals surface area contributed by atoms with E-state index in [9.17, 15) is 4.79 Å². The summed E-state index contributed by atoms with van der Waals surface area (Å²) in [6.07, 6.45) is 4.21. The van der Waals surface area contributed by atoms with E-state index in [-0.39, 0.29) is 5.56 Å². The van der Waals surface area contributed by atoms with Gasteiger partial charge in [-0.05, 0) is 55.1 Å². The molecule has 1 aromatic heterocycles. The molecule has 1 aliphatic heterocycles. The van der Waals surface area contributed by atoms with Gasteiger partial charge in [-0.1, -0.05) is 6.92 Å². The van der Waals surface area contributed by atoms with Crippen LogP contribution >= 0.6 is 15.9 Å². The number of hydrogen-bond donors (Lipinski definition) is 1. The van der Waals surface area contributed by atoms with Crippen LogP contribution < -0.4 is 15.8 Å². The Morgan fingerprint density at radius 1 is 1.52 bits per heavy atom. The smallest absolute Gasteiger partial charge is 0.283 e. The number of nitrogens with zero attached hydrogens (tertiary/aromatic N) is 3. The normalized spacial score (nSPS) is 20.6. The Morgan fingerprint density at radius 3 is 2.95 bits per heavy atom. The van der Waals surface area contributed by atoms with Crippen LogP contribution in [0.3, 0.4) is 0 Å². The number of piperidine rings is 1. The van der Waals surface area contributed by atoms with E-state index in [1.54, 1.807) is 0 Å². The van der Waals surface area contributed by atoms with Gasteiger partial charge in [0.1, 0.15) is 4.47 Å². The van der Waals surface area contributed by atoms with E-state index in [1.807, 2.05) is 13.1 Å². The van der Waals surface area contributed by atoms with Crippen molar-refractivity contribution >= 4 is 21.6 Å². The number of aryl methyl sites for hydroxylation is 1. The van der Waals surface area contributed by atoms with Gasteiger partial charge in [0.2, 0.25) is 0 Å². The highest BCUT2D eigenvalue weighted by atomic mass is 79.9. The van der Waals surface area contributed by atoms with Crippen LogP contribution in [0.1, 0.15) is 33.6 Å². The highest BCUT2D eigenvalue weighted by Gasteiger charge is 2.26. The van der Waals surface area contributed by atoms with Gasteiger partial charge in [-0.15, -0.1) is 0 Å². The van der Waals surface area contributed by atoms with Crippen LogP contribution in [0, 0.1) is 5.92 Å². The van der Waals surface area contributed by atoms with Crippen molar-refractivity contribution in [3.63, 3.8) is 0 Å². The van der Waals surface area contributed by atoms with Crippen LogP contribution in [0.15, 0.2) is 15.5 Å². The van der Waals surface area contributed by atoms with E-state index in [4.69, 9.17) is 0 Å². The Bertz CT molecular complexity index is 531. The molecule has 1 fully saturated rings. The second kappa shape index (κ2) is 7.40. The predicted molar refractivity (Wildman–Crippen MR) is 89.9 cm³/mol. The van der Waals surface area contributed by atoms with Crippen LogP contribution in [-0.4, -0.2) is 35.5 Å². The molecule has 2 rings (SSSR count). The minimum absolute atomic E-state index is 0.0446. The summed E-state index contributed by atoms with van der Waals surface area (Å²) < 4.78 is 2.12. The number of halogens is 1. The van der Waals surface area contributed by atoms with Crippen molar-refractivity contribution < 1.29 is 0 Å². The third-order valence-corrected chi connectivity index (χ3v) is 5.04. The molecule has 1 aromatic rings. The predicted octanol–water partition coefficient (Wildman–Crippen LogP) is 2.24. The lowest BCUT2D eigenvalue weighted by atomic mass is 9.91. The zero-order valence-corrected chi connectivity index (χ0v) is 14.7. The zero-order chi connectivity index (χ0) is 15.4. The van der Waals surface area contributed by atoms with Crippen LogP contribution in [0.25, 0.3) is 0 Å². The minimum atomic E-state index is -0.0446. The fourth-order valence-corrected chi connectivity index (χ4v) is 3.59. The average molecular weight is 357 g/mol. The summed E-state index contributed by atoms with van der Waals surface area (Å²) in [6.45, 7) is 9.88. The Hall–Kier alpha value is -0.880. The molecule has 5 nitrogen and oxygen atoms in total. The van der Waals surface area contributed by atoms with E-state index in [0.29, 0.717) is 23.0 Å². The van der Waals surface area contributed by atoms with Crippen molar-refractivity contribution in [3.05, 3.63) is 21.0 Å². The van der Waals surface area contributed by atoms with E-state index < -0.39 is 0 Å². The highest BCUT2D eigenvalue weighted by molar-refractivity contribution is 9.10. The van der Waals surface area contributed by atoms with Crippen LogP contribution in [0.2, 0.25) is 0 Å². The molecular formula is C15H25BrN4O. The molecule has 1 aliphatic rings. The Kier molecular flexibility index (Phi) is 5.81. The molecule has 2 heterocycles. The quantitative estimate of drug-likeness (QED) is 0.878. The topological polar surface area (TPSA) is 50.2 Å². The second-order valence-corrected chi connectivity index (χ2v) is 6.45. The molecule has 0 aliphatic carbocycles. The summed E-state index contributed by atoms with van der Waals surface area (Å²) in [5.41, 5.74) is 0.884. The van der Waals surface area contributed by atoms with Gasteiger partial charge in [0.15, 0.2) is 0 Å². The fraction of sp³-hybridized carbons (Fsp3) is 0.733. The molecule has 2 atom stereocenters. The van der Waals surface area contributed by atoms with Gasteiger partial charge < -0.3 is 10.2 Å². The SMILES string of the molecule is CCNC(C)C1CCCN(c2cnn(CC)c(=O)c2Br)C1. The first-order valence-corrected chi connectivity index (χ1v) is 8.61. The summed E-state index contributed by atoms with van der Waals surface area (Å²) >= 11 is 3.46. The molecule has 2 unspecified atom stereocenters. The first kappa shape index (κ1) is 16.5. The van der Waals surface area contributed by atoms with E-state index in [0.717, 1.165) is 31.7 Å². The largest absolute Gasteiger partial charge is 0.369 e. The van der Waals surface area contributed by atoms with Crippen LogP contribution in [-0.2, 0) is 6.54 Å². The average Bonchev–Trinajstić information content (AvgIpc) is 2.50. The standard InChI is InChI=1S/C15H25BrN4O/c1-4-17-11(3)12-7-6-8-19(10-12)13-9-18-20(5-2)15(21)14(13)16/h9,11-12,17H,4-8,10H2,1-3H3. The molecule has 118 valence electrons. The maximum atomic E-state index is 12.2. The number of aromatic nitrogens is 2. The molecule has 21 heavy (non-hydrogen) atoms. The maximum absolute atomic E-state index is 12.2. The summed E-state index contributed by atoms with van der Waals surface area (Å²) in [7, 11) is 0. The van der Waals surface area contributed by atoms with Crippen LogP contribution in [0.5, 0.6) is 0 Å². The van der Waals surface area contributed by atoms with Crippen molar-refractivity contribution in [2.45, 2.75) is 46.2 Å². The van der Waals surface area contributed by atoms with Crippen molar-refractivity contribution in [2.75, 3.05) is 24.5 Å². The summed E-state index contributed by atoms with van der Waals surface area (Å²) in [4.78, 5) is 14.5. The monoisotopic (exact) mass is 356 g/mol. The van der Waals surface area contributed by atoms with Gasteiger partial charge in [-0.25, -0.2) is 4.68 Å². The number of nitrogens with one attached hydrogen (secondary N) is 1. The molecule has 6 heteroatoms. The third-order valence-electron chi connectivity index (χ3n) is 4.30. The lowest BCUT2D eigenvalue weighted by Gasteiger charge is -2.37. The minimum Gasteiger partial charge on any atom is -0.369 e. The first-order valence-electron chi connectivity index (χ1n) is 7.82. The lowest BCUT2D eigenvalue weighted by Crippen LogP contribution is -2.45. The molecule has 0 bridgehead atoms. The third kappa shape index (κ3) is 3.66. The van der Waals surface area contributed by atoms with Crippen molar-refractivity contribution in [2.24, 2.45) is 5.92 Å². The summed E-state index contributed by atoms with van der Waals surface area (Å²) in [5.74, 6) is 0.610. The van der Waals surface area contributed by atoms with Gasteiger partial charge >= 0.3 is 0 Å². The second-order valence-electron chi connectivity index (χ2n) is 5.66. The molecule has 0 aromatic carbocycles. The van der Waals surface area contributed by atoms with Crippen molar-refractivity contribution in [1.29, 1.82) is 0 Å². The van der Waals surface area contributed by atoms with E-state index in [1.165, 1.54) is 11.1 Å².